The lowest BCUT2D eigenvalue weighted by molar-refractivity contribution is 0.459. The highest BCUT2D eigenvalue weighted by Crippen LogP contribution is 2.38. The topological polar surface area (TPSA) is 248 Å². The van der Waals surface area contributed by atoms with E-state index in [1.54, 1.807) is 48.8 Å². The van der Waals surface area contributed by atoms with Crippen LogP contribution in [-0.4, -0.2) is 80.2 Å². The van der Waals surface area contributed by atoms with Crippen LogP contribution in [0.15, 0.2) is 78.2 Å². The molecule has 0 aliphatic heterocycles. The van der Waals surface area contributed by atoms with Gasteiger partial charge in [0.05, 0.1) is 57.4 Å². The number of nitrogens with one attached hydrogen (secondary N) is 6. The summed E-state index contributed by atoms with van der Waals surface area (Å²) < 4.78 is 51.6. The standard InChI is InChI=1S/2C15H13N5O3S/c1-24(22,23)20-8-2-3-10-9(6-8)13(15(21)19-10)11-4-5-12-14(18-11)17-7-16-12;1-16-24(22,23)8-2-3-10-9(6-8)13(15(21)20-10)11-4-5-12-14(19-11)18-7-17-12/h2-7,19-21H,1H3,(H,16,17,18);2-7,16,20-21H,1H3,(H,17,18,19). The molecule has 0 saturated carbocycles. The van der Waals surface area contributed by atoms with Gasteiger partial charge < -0.3 is 30.1 Å². The van der Waals surface area contributed by atoms with Crippen LogP contribution < -0.4 is 9.44 Å². The lowest BCUT2D eigenvalue weighted by atomic mass is 10.1. The molecule has 8 aromatic rings. The van der Waals surface area contributed by atoms with E-state index in [0.717, 1.165) is 17.3 Å². The summed E-state index contributed by atoms with van der Waals surface area (Å²) in [5, 5.41) is 21.8. The Hall–Kier alpha value is -5.98. The number of imidazole rings is 2. The number of aromatic amines is 4. The maximum atomic E-state index is 12.0. The van der Waals surface area contributed by atoms with Gasteiger partial charge in [-0.15, -0.1) is 0 Å². The second-order valence-corrected chi connectivity index (χ2v) is 14.3. The zero-order valence-corrected chi connectivity index (χ0v) is 26.7. The number of nitrogens with zero attached hydrogens (tertiary/aromatic N) is 4. The summed E-state index contributed by atoms with van der Waals surface area (Å²) in [6.45, 7) is 0. The van der Waals surface area contributed by atoms with Gasteiger partial charge in [0.15, 0.2) is 23.1 Å². The van der Waals surface area contributed by atoms with Crippen LogP contribution in [0.2, 0.25) is 0 Å². The van der Waals surface area contributed by atoms with Crippen molar-refractivity contribution in [1.82, 2.24) is 44.6 Å². The van der Waals surface area contributed by atoms with E-state index in [-0.39, 0.29) is 16.7 Å². The van der Waals surface area contributed by atoms with E-state index < -0.39 is 20.0 Å². The number of H-pyrrole nitrogens is 4. The SMILES string of the molecule is CNS(=O)(=O)c1ccc2[nH]c(O)c(-c3ccc4[nH]cnc4n3)c2c1.CS(=O)(=O)Nc1ccc2[nH]c(O)c(-c3ccc4[nH]cnc4n3)c2c1. The highest BCUT2D eigenvalue weighted by molar-refractivity contribution is 7.92. The first-order chi connectivity index (χ1) is 22.9. The molecule has 2 aromatic carbocycles. The van der Waals surface area contributed by atoms with Crippen molar-refractivity contribution in [2.75, 3.05) is 18.0 Å². The van der Waals surface area contributed by atoms with Crippen LogP contribution in [0.3, 0.4) is 0 Å². The van der Waals surface area contributed by atoms with Gasteiger partial charge in [-0.1, -0.05) is 0 Å². The predicted octanol–water partition coefficient (Wildman–Crippen LogP) is 3.90. The Morgan fingerprint density at radius 1 is 0.667 bits per heavy atom. The zero-order chi connectivity index (χ0) is 33.8. The molecule has 244 valence electrons. The van der Waals surface area contributed by atoms with Gasteiger partial charge in [-0.3, -0.25) is 4.72 Å². The van der Waals surface area contributed by atoms with Crippen molar-refractivity contribution in [3.8, 4) is 34.3 Å². The Morgan fingerprint density at radius 3 is 1.69 bits per heavy atom. The minimum Gasteiger partial charge on any atom is -0.494 e. The lowest BCUT2D eigenvalue weighted by Gasteiger charge is -2.05. The molecule has 0 unspecified atom stereocenters. The van der Waals surface area contributed by atoms with Crippen LogP contribution >= 0.6 is 0 Å². The molecule has 0 bridgehead atoms. The van der Waals surface area contributed by atoms with Crippen LogP contribution in [0, 0.1) is 0 Å². The number of pyridine rings is 2. The molecular formula is C30H26N10O6S2. The smallest absolute Gasteiger partial charge is 0.240 e. The molecular weight excluding hydrogens is 661 g/mol. The molecule has 6 heterocycles. The molecule has 0 amide bonds. The number of hydrogen-bond donors (Lipinski definition) is 8. The maximum Gasteiger partial charge on any atom is 0.240 e. The minimum atomic E-state index is -3.59. The predicted molar refractivity (Wildman–Crippen MR) is 180 cm³/mol. The van der Waals surface area contributed by atoms with Crippen molar-refractivity contribution in [3.05, 3.63) is 73.3 Å². The van der Waals surface area contributed by atoms with Crippen molar-refractivity contribution >= 4 is 69.9 Å². The van der Waals surface area contributed by atoms with E-state index in [1.807, 2.05) is 6.07 Å². The molecule has 48 heavy (non-hydrogen) atoms. The normalized spacial score (nSPS) is 12.1. The number of anilines is 1. The molecule has 8 rings (SSSR count). The largest absolute Gasteiger partial charge is 0.494 e. The fourth-order valence-electron chi connectivity index (χ4n) is 5.34. The quantitative estimate of drug-likeness (QED) is 0.125. The Balaban J connectivity index is 0.000000152. The molecule has 0 saturated heterocycles. The summed E-state index contributed by atoms with van der Waals surface area (Å²) in [5.74, 6) is -0.115. The molecule has 18 heteroatoms. The van der Waals surface area contributed by atoms with Crippen LogP contribution in [0.5, 0.6) is 11.8 Å². The Labute approximate surface area is 271 Å². The van der Waals surface area contributed by atoms with E-state index in [1.165, 1.54) is 25.5 Å². The molecule has 6 aromatic heterocycles. The number of aromatic nitrogens is 8. The Bertz CT molecular complexity index is 2730. The molecule has 0 fully saturated rings. The first-order valence-electron chi connectivity index (χ1n) is 14.1. The third kappa shape index (κ3) is 5.63. The first-order valence-corrected chi connectivity index (χ1v) is 17.5. The van der Waals surface area contributed by atoms with E-state index in [4.69, 9.17) is 0 Å². The second-order valence-electron chi connectivity index (χ2n) is 10.7. The number of rotatable bonds is 6. The molecule has 0 spiro atoms. The number of benzene rings is 2. The number of hydrogen-bond acceptors (Lipinski definition) is 10. The third-order valence-electron chi connectivity index (χ3n) is 7.49. The van der Waals surface area contributed by atoms with Gasteiger partial charge in [0.25, 0.3) is 0 Å². The average Bonchev–Trinajstić information content (AvgIpc) is 3.83. The summed E-state index contributed by atoms with van der Waals surface area (Å²) in [7, 11) is -5.63. The summed E-state index contributed by atoms with van der Waals surface area (Å²) >= 11 is 0. The number of fused-ring (bicyclic) bond motifs is 4. The van der Waals surface area contributed by atoms with Gasteiger partial charge in [-0.05, 0) is 67.7 Å². The van der Waals surface area contributed by atoms with Crippen LogP contribution in [-0.2, 0) is 20.0 Å². The number of aromatic hydroxyl groups is 2. The summed E-state index contributed by atoms with van der Waals surface area (Å²) in [6.07, 6.45) is 4.17. The van der Waals surface area contributed by atoms with E-state index >= 15 is 0 Å². The molecule has 0 aliphatic rings. The third-order valence-corrected chi connectivity index (χ3v) is 9.51. The van der Waals surface area contributed by atoms with Gasteiger partial charge in [0.2, 0.25) is 20.0 Å². The summed E-state index contributed by atoms with van der Waals surface area (Å²) in [5.41, 5.74) is 6.27. The molecule has 0 aliphatic carbocycles. The minimum absolute atomic E-state index is 0.0381. The van der Waals surface area contributed by atoms with E-state index in [9.17, 15) is 27.0 Å². The van der Waals surface area contributed by atoms with Crippen LogP contribution in [0.25, 0.3) is 66.6 Å². The molecule has 0 radical (unpaired) electrons. The monoisotopic (exact) mass is 686 g/mol. The highest BCUT2D eigenvalue weighted by atomic mass is 32.2. The van der Waals surface area contributed by atoms with Gasteiger partial charge in [0.1, 0.15) is 0 Å². The zero-order valence-electron chi connectivity index (χ0n) is 25.1. The fourth-order valence-corrected chi connectivity index (χ4v) is 6.65. The van der Waals surface area contributed by atoms with Crippen molar-refractivity contribution in [1.29, 1.82) is 0 Å². The van der Waals surface area contributed by atoms with E-state index in [2.05, 4.69) is 49.3 Å². The first kappa shape index (κ1) is 30.7. The molecule has 16 nitrogen and oxygen atoms in total. The maximum absolute atomic E-state index is 12.0. The lowest BCUT2D eigenvalue weighted by Crippen LogP contribution is -2.18. The van der Waals surface area contributed by atoms with Crippen molar-refractivity contribution in [2.24, 2.45) is 0 Å². The van der Waals surface area contributed by atoms with Crippen molar-refractivity contribution < 1.29 is 27.0 Å². The summed E-state index contributed by atoms with van der Waals surface area (Å²) in [4.78, 5) is 28.8. The second kappa shape index (κ2) is 11.4. The molecule has 0 atom stereocenters. The average molecular weight is 687 g/mol. The number of sulfonamides is 2. The fraction of sp³-hybridized carbons (Fsp3) is 0.0667. The van der Waals surface area contributed by atoms with Gasteiger partial charge in [0, 0.05) is 27.5 Å². The summed E-state index contributed by atoms with van der Waals surface area (Å²) in [6, 6.07) is 16.7. The van der Waals surface area contributed by atoms with E-state index in [0.29, 0.717) is 61.3 Å². The van der Waals surface area contributed by atoms with Gasteiger partial charge >= 0.3 is 0 Å². The van der Waals surface area contributed by atoms with Crippen LogP contribution in [0.1, 0.15) is 0 Å². The Kier molecular flexibility index (Phi) is 7.26. The van der Waals surface area contributed by atoms with Gasteiger partial charge in [-0.25, -0.2) is 41.5 Å². The highest BCUT2D eigenvalue weighted by Gasteiger charge is 2.19. The molecule has 8 N–H and O–H groups in total. The Morgan fingerprint density at radius 2 is 1.17 bits per heavy atom. The van der Waals surface area contributed by atoms with Crippen LogP contribution in [0.4, 0.5) is 5.69 Å². The van der Waals surface area contributed by atoms with Crippen molar-refractivity contribution in [3.63, 3.8) is 0 Å². The van der Waals surface area contributed by atoms with Crippen molar-refractivity contribution in [2.45, 2.75) is 4.90 Å². The van der Waals surface area contributed by atoms with Gasteiger partial charge in [-0.2, -0.15) is 0 Å².